The molecule has 1 saturated heterocycles. The molecule has 0 aromatic rings. The average molecular weight is 212 g/mol. The number of piperidine rings is 1. The van der Waals surface area contributed by atoms with Crippen LogP contribution >= 0.6 is 0 Å². The fraction of sp³-hybridized carbons (Fsp3) is 0.909. The van der Waals surface area contributed by atoms with Gasteiger partial charge in [0.15, 0.2) is 0 Å². The van der Waals surface area contributed by atoms with E-state index in [9.17, 15) is 0 Å². The molecule has 1 N–H and O–H groups in total. The monoisotopic (exact) mass is 212 g/mol. The van der Waals surface area contributed by atoms with E-state index in [1.807, 2.05) is 6.92 Å². The third-order valence-electron chi connectivity index (χ3n) is 2.90. The second kappa shape index (κ2) is 6.78. The number of likely N-dealkylation sites (tertiary alicyclic amines) is 1. The Morgan fingerprint density at radius 2 is 2.20 bits per heavy atom. The van der Waals surface area contributed by atoms with Crippen LogP contribution in [-0.4, -0.2) is 48.5 Å². The van der Waals surface area contributed by atoms with Gasteiger partial charge in [-0.1, -0.05) is 6.92 Å². The minimum Gasteiger partial charge on any atom is -0.394 e. The van der Waals surface area contributed by atoms with E-state index in [1.54, 1.807) is 0 Å². The fourth-order valence-corrected chi connectivity index (χ4v) is 2.00. The minimum absolute atomic E-state index is 0.0591. The second-order valence-electron chi connectivity index (χ2n) is 3.88. The van der Waals surface area contributed by atoms with E-state index in [1.165, 1.54) is 0 Å². The Morgan fingerprint density at radius 1 is 1.53 bits per heavy atom. The van der Waals surface area contributed by atoms with Gasteiger partial charge in [0.05, 0.1) is 31.4 Å². The van der Waals surface area contributed by atoms with E-state index < -0.39 is 0 Å². The summed E-state index contributed by atoms with van der Waals surface area (Å²) < 4.78 is 5.47. The van der Waals surface area contributed by atoms with Gasteiger partial charge in [0, 0.05) is 13.1 Å². The number of hydrogen-bond acceptors (Lipinski definition) is 4. The summed E-state index contributed by atoms with van der Waals surface area (Å²) in [7, 11) is 0. The van der Waals surface area contributed by atoms with E-state index in [2.05, 4.69) is 11.0 Å². The summed E-state index contributed by atoms with van der Waals surface area (Å²) in [6.07, 6.45) is 3.10. The highest BCUT2D eigenvalue weighted by molar-refractivity contribution is 4.92. The van der Waals surface area contributed by atoms with Crippen LogP contribution in [0.15, 0.2) is 0 Å². The fourth-order valence-electron chi connectivity index (χ4n) is 2.00. The summed E-state index contributed by atoms with van der Waals surface area (Å²) in [4.78, 5) is 2.22. The molecule has 0 spiro atoms. The maximum Gasteiger partial charge on any atom is 0.0975 e. The Kier molecular flexibility index (Phi) is 5.62. The number of nitriles is 1. The second-order valence-corrected chi connectivity index (χ2v) is 3.88. The van der Waals surface area contributed by atoms with E-state index in [-0.39, 0.29) is 18.8 Å². The molecule has 15 heavy (non-hydrogen) atoms. The van der Waals surface area contributed by atoms with Crippen LogP contribution in [0.5, 0.6) is 0 Å². The number of rotatable bonds is 5. The van der Waals surface area contributed by atoms with Gasteiger partial charge >= 0.3 is 0 Å². The maximum atomic E-state index is 8.93. The zero-order chi connectivity index (χ0) is 11.1. The number of ether oxygens (including phenoxy) is 1. The molecule has 0 aromatic carbocycles. The summed E-state index contributed by atoms with van der Waals surface area (Å²) in [5, 5.41) is 17.6. The van der Waals surface area contributed by atoms with Gasteiger partial charge in [0.1, 0.15) is 0 Å². The Morgan fingerprint density at radius 3 is 2.67 bits per heavy atom. The normalized spacial score (nSPS) is 21.1. The van der Waals surface area contributed by atoms with Gasteiger partial charge in [-0.3, -0.25) is 4.90 Å². The van der Waals surface area contributed by atoms with E-state index >= 15 is 0 Å². The molecule has 4 heteroatoms. The molecule has 86 valence electrons. The Bertz CT molecular complexity index is 207. The van der Waals surface area contributed by atoms with Crippen LogP contribution in [0.3, 0.4) is 0 Å². The van der Waals surface area contributed by atoms with E-state index in [4.69, 9.17) is 15.1 Å². The lowest BCUT2D eigenvalue weighted by atomic mass is 10.0. The molecular formula is C11H20N2O2. The van der Waals surface area contributed by atoms with Gasteiger partial charge in [-0.15, -0.1) is 0 Å². The van der Waals surface area contributed by atoms with Crippen molar-refractivity contribution < 1.29 is 9.84 Å². The molecule has 1 aliphatic heterocycles. The zero-order valence-electron chi connectivity index (χ0n) is 9.35. The van der Waals surface area contributed by atoms with Crippen molar-refractivity contribution in [2.24, 2.45) is 0 Å². The molecular weight excluding hydrogens is 192 g/mol. The zero-order valence-corrected chi connectivity index (χ0v) is 9.35. The summed E-state index contributed by atoms with van der Waals surface area (Å²) in [5.74, 6) is 0. The highest BCUT2D eigenvalue weighted by Crippen LogP contribution is 2.16. The third-order valence-corrected chi connectivity index (χ3v) is 2.90. The Labute approximate surface area is 91.4 Å². The van der Waals surface area contributed by atoms with Crippen molar-refractivity contribution in [1.29, 1.82) is 5.26 Å². The lowest BCUT2D eigenvalue weighted by Gasteiger charge is -2.34. The highest BCUT2D eigenvalue weighted by atomic mass is 16.5. The maximum absolute atomic E-state index is 8.93. The van der Waals surface area contributed by atoms with Crippen LogP contribution in [0.1, 0.15) is 26.2 Å². The van der Waals surface area contributed by atoms with Gasteiger partial charge in [-0.25, -0.2) is 0 Å². The van der Waals surface area contributed by atoms with Crippen molar-refractivity contribution in [3.8, 4) is 6.07 Å². The topological polar surface area (TPSA) is 56.5 Å². The van der Waals surface area contributed by atoms with Crippen LogP contribution in [0.4, 0.5) is 0 Å². The number of aliphatic hydroxyl groups excluding tert-OH is 1. The number of hydrogen-bond donors (Lipinski definition) is 1. The first-order chi connectivity index (χ1) is 7.31. The van der Waals surface area contributed by atoms with Gasteiger partial charge < -0.3 is 9.84 Å². The molecule has 1 heterocycles. The first kappa shape index (κ1) is 12.4. The molecule has 1 aliphatic rings. The molecule has 4 nitrogen and oxygen atoms in total. The summed E-state index contributed by atoms with van der Waals surface area (Å²) >= 11 is 0. The third kappa shape index (κ3) is 3.78. The average Bonchev–Trinajstić information content (AvgIpc) is 2.29. The summed E-state index contributed by atoms with van der Waals surface area (Å²) in [5.41, 5.74) is 0. The van der Waals surface area contributed by atoms with Crippen LogP contribution < -0.4 is 0 Å². The predicted octanol–water partition coefficient (Wildman–Crippen LogP) is 0.762. The van der Waals surface area contributed by atoms with Gasteiger partial charge in [0.25, 0.3) is 0 Å². The molecule has 0 saturated carbocycles. The molecule has 0 bridgehead atoms. The largest absolute Gasteiger partial charge is 0.394 e. The highest BCUT2D eigenvalue weighted by Gasteiger charge is 2.23. The summed E-state index contributed by atoms with van der Waals surface area (Å²) in [6.45, 7) is 4.43. The number of aliphatic hydroxyl groups is 1. The SMILES string of the molecule is CCC(C#N)N1CCC(OCCO)CC1. The minimum atomic E-state index is 0.0591. The number of nitrogens with zero attached hydrogens (tertiary/aromatic N) is 2. The lowest BCUT2D eigenvalue weighted by molar-refractivity contribution is -0.0116. The van der Waals surface area contributed by atoms with Crippen LogP contribution in [0.25, 0.3) is 0 Å². The summed E-state index contributed by atoms with van der Waals surface area (Å²) in [6, 6.07) is 2.38. The van der Waals surface area contributed by atoms with Crippen LogP contribution in [0.2, 0.25) is 0 Å². The van der Waals surface area contributed by atoms with E-state index in [0.29, 0.717) is 6.61 Å². The van der Waals surface area contributed by atoms with Crippen molar-refractivity contribution in [1.82, 2.24) is 4.90 Å². The van der Waals surface area contributed by atoms with Crippen molar-refractivity contribution in [2.45, 2.75) is 38.3 Å². The smallest absolute Gasteiger partial charge is 0.0975 e. The van der Waals surface area contributed by atoms with Crippen molar-refractivity contribution in [2.75, 3.05) is 26.3 Å². The molecule has 0 aromatic heterocycles. The molecule has 1 unspecified atom stereocenters. The van der Waals surface area contributed by atoms with Crippen molar-refractivity contribution >= 4 is 0 Å². The van der Waals surface area contributed by atoms with Gasteiger partial charge in [-0.05, 0) is 19.3 Å². The molecule has 1 fully saturated rings. The standard InChI is InChI=1S/C11H20N2O2/c1-2-10(9-12)13-5-3-11(4-6-13)15-8-7-14/h10-11,14H,2-8H2,1H3. The molecule has 0 aliphatic carbocycles. The molecule has 1 atom stereocenters. The molecule has 1 rings (SSSR count). The van der Waals surface area contributed by atoms with Crippen molar-refractivity contribution in [3.05, 3.63) is 0 Å². The van der Waals surface area contributed by atoms with E-state index in [0.717, 1.165) is 32.4 Å². The van der Waals surface area contributed by atoms with Crippen LogP contribution in [0, 0.1) is 11.3 Å². The first-order valence-electron chi connectivity index (χ1n) is 5.68. The first-order valence-corrected chi connectivity index (χ1v) is 5.68. The van der Waals surface area contributed by atoms with Gasteiger partial charge in [0.2, 0.25) is 0 Å². The van der Waals surface area contributed by atoms with Crippen molar-refractivity contribution in [3.63, 3.8) is 0 Å². The predicted molar refractivity (Wildman–Crippen MR) is 57.3 cm³/mol. The Hall–Kier alpha value is -0.630. The molecule has 0 amide bonds. The van der Waals surface area contributed by atoms with Gasteiger partial charge in [-0.2, -0.15) is 5.26 Å². The quantitative estimate of drug-likeness (QED) is 0.731. The molecule has 0 radical (unpaired) electrons. The van der Waals surface area contributed by atoms with Crippen LogP contribution in [-0.2, 0) is 4.74 Å². The lowest BCUT2D eigenvalue weighted by Crippen LogP contribution is -2.42. The Balaban J connectivity index is 2.26.